The van der Waals surface area contributed by atoms with Gasteiger partial charge in [-0.3, -0.25) is 9.69 Å². The van der Waals surface area contributed by atoms with Gasteiger partial charge in [-0.05, 0) is 59.6 Å². The van der Waals surface area contributed by atoms with E-state index in [0.717, 1.165) is 23.9 Å². The number of hydrogen-bond donors (Lipinski definition) is 3. The molecule has 1 aromatic carbocycles. The number of anilines is 1. The lowest BCUT2D eigenvalue weighted by atomic mass is 10.1. The molecule has 1 aliphatic heterocycles. The third-order valence-electron chi connectivity index (χ3n) is 4.91. The van der Waals surface area contributed by atoms with Crippen LogP contribution in [0, 0.1) is 0 Å². The fraction of sp³-hybridized carbons (Fsp3) is 0.333. The summed E-state index contributed by atoms with van der Waals surface area (Å²) in [7, 11) is 2.04. The minimum absolute atomic E-state index is 0.0657. The van der Waals surface area contributed by atoms with E-state index in [1.54, 1.807) is 12.1 Å². The quantitative estimate of drug-likeness (QED) is 0.609. The number of imidazole rings is 1. The molecule has 3 aromatic rings. The maximum absolute atomic E-state index is 12.6. The number of rotatable bonds is 4. The van der Waals surface area contributed by atoms with Gasteiger partial charge in [-0.25, -0.2) is 4.79 Å². The Hall–Kier alpha value is -2.32. The van der Waals surface area contributed by atoms with E-state index in [-0.39, 0.29) is 17.6 Å². The third kappa shape index (κ3) is 3.22. The number of H-pyrrole nitrogens is 2. The molecule has 3 heterocycles. The van der Waals surface area contributed by atoms with Crippen molar-refractivity contribution in [2.45, 2.75) is 18.9 Å². The van der Waals surface area contributed by atoms with Gasteiger partial charge in [-0.1, -0.05) is 0 Å². The average molecular weight is 418 g/mol. The van der Waals surface area contributed by atoms with Crippen LogP contribution in [0.1, 0.15) is 24.6 Å². The second kappa shape index (κ2) is 6.77. The molecule has 3 N–H and O–H groups in total. The molecule has 0 spiro atoms. The van der Waals surface area contributed by atoms with E-state index in [9.17, 15) is 9.59 Å². The van der Waals surface area contributed by atoms with Crippen LogP contribution in [0.25, 0.3) is 11.0 Å². The molecule has 1 fully saturated rings. The van der Waals surface area contributed by atoms with Gasteiger partial charge in [0.05, 0.1) is 29.3 Å². The van der Waals surface area contributed by atoms with E-state index >= 15 is 0 Å². The Bertz CT molecular complexity index is 1020. The molecule has 1 aliphatic rings. The van der Waals surface area contributed by atoms with Crippen molar-refractivity contribution in [2.24, 2.45) is 7.05 Å². The van der Waals surface area contributed by atoms with Crippen LogP contribution in [-0.4, -0.2) is 38.4 Å². The maximum atomic E-state index is 12.6. The molecule has 7 nitrogen and oxygen atoms in total. The molecule has 1 saturated heterocycles. The minimum Gasteiger partial charge on any atom is -0.353 e. The zero-order chi connectivity index (χ0) is 18.3. The summed E-state index contributed by atoms with van der Waals surface area (Å²) in [5, 5.41) is 2.95. The number of nitrogens with one attached hydrogen (secondary N) is 3. The largest absolute Gasteiger partial charge is 0.353 e. The van der Waals surface area contributed by atoms with Crippen LogP contribution in [0.3, 0.4) is 0 Å². The highest BCUT2D eigenvalue weighted by atomic mass is 79.9. The van der Waals surface area contributed by atoms with Crippen molar-refractivity contribution >= 4 is 38.6 Å². The first-order valence-electron chi connectivity index (χ1n) is 8.58. The highest BCUT2D eigenvalue weighted by molar-refractivity contribution is 9.10. The van der Waals surface area contributed by atoms with Gasteiger partial charge in [0.25, 0.3) is 0 Å². The number of aromatic nitrogens is 3. The van der Waals surface area contributed by atoms with Crippen LogP contribution in [-0.2, 0) is 11.8 Å². The fourth-order valence-corrected chi connectivity index (χ4v) is 4.14. The lowest BCUT2D eigenvalue weighted by molar-refractivity contribution is -0.117. The van der Waals surface area contributed by atoms with Crippen molar-refractivity contribution in [3.8, 4) is 0 Å². The molecular weight excluding hydrogens is 398 g/mol. The van der Waals surface area contributed by atoms with Gasteiger partial charge in [0.2, 0.25) is 5.91 Å². The Labute approximate surface area is 158 Å². The molecule has 4 rings (SSSR count). The number of hydrogen-bond acceptors (Lipinski definition) is 3. The molecule has 0 aliphatic carbocycles. The van der Waals surface area contributed by atoms with E-state index in [0.29, 0.717) is 23.3 Å². The third-order valence-corrected chi connectivity index (χ3v) is 5.57. The van der Waals surface area contributed by atoms with Crippen molar-refractivity contribution in [2.75, 3.05) is 18.4 Å². The van der Waals surface area contributed by atoms with Crippen LogP contribution in [0.15, 0.2) is 39.7 Å². The number of carbonyl (C=O) groups excluding carboxylic acids is 1. The van der Waals surface area contributed by atoms with E-state index < -0.39 is 0 Å². The number of likely N-dealkylation sites (tertiary alicyclic amines) is 1. The molecule has 0 bridgehead atoms. The smallest absolute Gasteiger partial charge is 0.323 e. The second-order valence-electron chi connectivity index (χ2n) is 6.68. The molecule has 8 heteroatoms. The first-order chi connectivity index (χ1) is 12.5. The van der Waals surface area contributed by atoms with Crippen LogP contribution < -0.4 is 11.0 Å². The Balaban J connectivity index is 1.49. The Morgan fingerprint density at radius 2 is 2.12 bits per heavy atom. The summed E-state index contributed by atoms with van der Waals surface area (Å²) in [4.78, 5) is 31.6. The number of aryl methyl sites for hydroxylation is 1. The molecule has 1 amide bonds. The summed E-state index contributed by atoms with van der Waals surface area (Å²) in [6, 6.07) is 7.97. The molecule has 26 heavy (non-hydrogen) atoms. The average Bonchev–Trinajstić information content (AvgIpc) is 3.27. The van der Waals surface area contributed by atoms with E-state index in [1.807, 2.05) is 19.3 Å². The lowest BCUT2D eigenvalue weighted by Gasteiger charge is -2.24. The number of fused-ring (bicyclic) bond motifs is 1. The van der Waals surface area contributed by atoms with Crippen LogP contribution in [0.5, 0.6) is 0 Å². The molecule has 1 unspecified atom stereocenters. The maximum Gasteiger partial charge on any atom is 0.323 e. The lowest BCUT2D eigenvalue weighted by Crippen LogP contribution is -2.33. The van der Waals surface area contributed by atoms with Crippen LogP contribution in [0.2, 0.25) is 0 Å². The highest BCUT2D eigenvalue weighted by Crippen LogP contribution is 2.32. The van der Waals surface area contributed by atoms with E-state index in [4.69, 9.17) is 0 Å². The van der Waals surface area contributed by atoms with Gasteiger partial charge < -0.3 is 19.9 Å². The summed E-state index contributed by atoms with van der Waals surface area (Å²) in [5.74, 6) is -0.0657. The first-order valence-corrected chi connectivity index (χ1v) is 9.37. The predicted molar refractivity (Wildman–Crippen MR) is 104 cm³/mol. The molecular formula is C18H20BrN5O2. The molecule has 0 saturated carbocycles. The zero-order valence-electron chi connectivity index (χ0n) is 14.4. The van der Waals surface area contributed by atoms with Crippen molar-refractivity contribution in [3.63, 3.8) is 0 Å². The predicted octanol–water partition coefficient (Wildman–Crippen LogP) is 2.73. The van der Waals surface area contributed by atoms with Crippen LogP contribution >= 0.6 is 15.9 Å². The number of nitrogens with zero attached hydrogens (tertiary/aromatic N) is 2. The van der Waals surface area contributed by atoms with Crippen molar-refractivity contribution in [1.82, 2.24) is 19.4 Å². The summed E-state index contributed by atoms with van der Waals surface area (Å²) >= 11 is 3.45. The fourth-order valence-electron chi connectivity index (χ4n) is 3.70. The van der Waals surface area contributed by atoms with Crippen molar-refractivity contribution in [3.05, 3.63) is 51.1 Å². The topological polar surface area (TPSA) is 85.9 Å². The number of aromatic amines is 2. The van der Waals surface area contributed by atoms with E-state index in [1.165, 1.54) is 5.69 Å². The molecule has 2 aromatic heterocycles. The van der Waals surface area contributed by atoms with Gasteiger partial charge in [0.15, 0.2) is 0 Å². The molecule has 1 atom stereocenters. The molecule has 136 valence electrons. The summed E-state index contributed by atoms with van der Waals surface area (Å²) in [5.41, 5.74) is 2.98. The standard InChI is InChI=1S/C18H20BrN5O2/c1-23-6-2-4-15(23)16-5-3-7-24(16)10-17(25)20-12-9-14-13(8-11(12)19)21-18(26)22-14/h2,4,6,8-9,16H,3,5,7,10H2,1H3,(H,20,25)(H2,21,22,26). The Kier molecular flexibility index (Phi) is 4.46. The van der Waals surface area contributed by atoms with Crippen molar-refractivity contribution in [1.29, 1.82) is 0 Å². The molecule has 0 radical (unpaired) electrons. The van der Waals surface area contributed by atoms with Crippen molar-refractivity contribution < 1.29 is 4.79 Å². The summed E-state index contributed by atoms with van der Waals surface area (Å²) < 4.78 is 2.85. The number of carbonyl (C=O) groups is 1. The number of halogens is 1. The second-order valence-corrected chi connectivity index (χ2v) is 7.53. The SMILES string of the molecule is Cn1cccc1C1CCCN1CC(=O)Nc1cc2[nH]c(=O)[nH]c2cc1Br. The normalized spacial score (nSPS) is 17.8. The van der Waals surface area contributed by atoms with Gasteiger partial charge in [0.1, 0.15) is 0 Å². The van der Waals surface area contributed by atoms with Gasteiger partial charge in [-0.2, -0.15) is 0 Å². The highest BCUT2D eigenvalue weighted by Gasteiger charge is 2.29. The van der Waals surface area contributed by atoms with Gasteiger partial charge in [0, 0.05) is 23.4 Å². The Morgan fingerprint density at radius 1 is 1.35 bits per heavy atom. The zero-order valence-corrected chi connectivity index (χ0v) is 16.0. The summed E-state index contributed by atoms with van der Waals surface area (Å²) in [6.45, 7) is 1.25. The number of benzene rings is 1. The summed E-state index contributed by atoms with van der Waals surface area (Å²) in [6.07, 6.45) is 4.19. The van der Waals surface area contributed by atoms with Crippen LogP contribution in [0.4, 0.5) is 5.69 Å². The monoisotopic (exact) mass is 417 g/mol. The number of amides is 1. The Morgan fingerprint density at radius 3 is 2.85 bits per heavy atom. The van der Waals surface area contributed by atoms with E-state index in [2.05, 4.69) is 46.7 Å². The first kappa shape index (κ1) is 17.1. The van der Waals surface area contributed by atoms with Gasteiger partial charge >= 0.3 is 5.69 Å². The van der Waals surface area contributed by atoms with Gasteiger partial charge in [-0.15, -0.1) is 0 Å². The minimum atomic E-state index is -0.266.